The second-order valence-electron chi connectivity index (χ2n) is 4.10. The molecule has 3 heteroatoms. The van der Waals surface area contributed by atoms with Gasteiger partial charge in [-0.1, -0.05) is 48.0 Å². The van der Waals surface area contributed by atoms with Gasteiger partial charge in [0.1, 0.15) is 0 Å². The predicted octanol–water partition coefficient (Wildman–Crippen LogP) is 4.08. The van der Waals surface area contributed by atoms with Gasteiger partial charge >= 0.3 is 0 Å². The summed E-state index contributed by atoms with van der Waals surface area (Å²) in [5.74, 6) is -0.340. The number of hydrogen-bond acceptors (Lipinski definition) is 1. The number of anilines is 1. The van der Waals surface area contributed by atoms with Crippen LogP contribution in [0.5, 0.6) is 0 Å². The number of nitrogens with one attached hydrogen (secondary N) is 1. The summed E-state index contributed by atoms with van der Waals surface area (Å²) in [6.07, 6.45) is 0. The monoisotopic (exact) mass is 259 g/mol. The second-order valence-corrected chi connectivity index (χ2v) is 4.51. The Morgan fingerprint density at radius 2 is 1.67 bits per heavy atom. The van der Waals surface area contributed by atoms with Gasteiger partial charge in [0.2, 0.25) is 5.91 Å². The summed E-state index contributed by atoms with van der Waals surface area (Å²) in [5.41, 5.74) is 1.63. The van der Waals surface area contributed by atoms with Crippen molar-refractivity contribution in [1.82, 2.24) is 0 Å². The first-order valence-corrected chi connectivity index (χ1v) is 6.16. The first kappa shape index (κ1) is 12.7. The van der Waals surface area contributed by atoms with E-state index in [1.54, 1.807) is 6.07 Å². The highest BCUT2D eigenvalue weighted by Gasteiger charge is 2.17. The molecule has 0 aliphatic carbocycles. The van der Waals surface area contributed by atoms with Crippen LogP contribution in [0.3, 0.4) is 0 Å². The normalized spacial score (nSPS) is 11.9. The number of carbonyl (C=O) groups is 1. The quantitative estimate of drug-likeness (QED) is 0.884. The van der Waals surface area contributed by atoms with Crippen LogP contribution in [-0.4, -0.2) is 5.91 Å². The van der Waals surface area contributed by atoms with Gasteiger partial charge in [-0.2, -0.15) is 0 Å². The van der Waals surface area contributed by atoms with Crippen LogP contribution in [0.15, 0.2) is 54.6 Å². The molecule has 0 saturated carbocycles. The molecule has 0 aromatic heterocycles. The molecule has 2 aromatic carbocycles. The van der Waals surface area contributed by atoms with E-state index in [0.717, 1.165) is 11.3 Å². The van der Waals surface area contributed by atoms with E-state index in [-0.39, 0.29) is 11.8 Å². The summed E-state index contributed by atoms with van der Waals surface area (Å²) in [4.78, 5) is 12.1. The fourth-order valence-corrected chi connectivity index (χ4v) is 2.04. The molecule has 0 saturated heterocycles. The predicted molar refractivity (Wildman–Crippen MR) is 74.9 cm³/mol. The Balaban J connectivity index is 2.13. The Kier molecular flexibility index (Phi) is 4.00. The van der Waals surface area contributed by atoms with Crippen molar-refractivity contribution >= 4 is 23.2 Å². The maximum absolute atomic E-state index is 12.1. The van der Waals surface area contributed by atoms with E-state index < -0.39 is 0 Å². The molecule has 0 heterocycles. The van der Waals surface area contributed by atoms with Gasteiger partial charge < -0.3 is 5.32 Å². The molecule has 0 aliphatic heterocycles. The van der Waals surface area contributed by atoms with Gasteiger partial charge in [0.25, 0.3) is 0 Å². The van der Waals surface area contributed by atoms with E-state index in [0.29, 0.717) is 5.02 Å². The van der Waals surface area contributed by atoms with Gasteiger partial charge in [0, 0.05) is 10.7 Å². The zero-order chi connectivity index (χ0) is 13.0. The van der Waals surface area contributed by atoms with Crippen LogP contribution in [0.2, 0.25) is 5.02 Å². The third-order valence-electron chi connectivity index (χ3n) is 2.81. The molecule has 1 N–H and O–H groups in total. The SMILES string of the molecule is CC(C(=O)Nc1ccccc1)c1ccccc1Cl. The summed E-state index contributed by atoms with van der Waals surface area (Å²) in [7, 11) is 0. The van der Waals surface area contributed by atoms with Crippen molar-refractivity contribution < 1.29 is 4.79 Å². The third kappa shape index (κ3) is 2.90. The van der Waals surface area contributed by atoms with E-state index in [1.807, 2.05) is 55.5 Å². The molecule has 0 fully saturated rings. The largest absolute Gasteiger partial charge is 0.326 e. The number of halogens is 1. The van der Waals surface area contributed by atoms with Gasteiger partial charge in [-0.05, 0) is 30.7 Å². The highest BCUT2D eigenvalue weighted by molar-refractivity contribution is 6.31. The summed E-state index contributed by atoms with van der Waals surface area (Å²) < 4.78 is 0. The fraction of sp³-hybridized carbons (Fsp3) is 0.133. The average molecular weight is 260 g/mol. The highest BCUT2D eigenvalue weighted by atomic mass is 35.5. The fourth-order valence-electron chi connectivity index (χ4n) is 1.74. The van der Waals surface area contributed by atoms with Gasteiger partial charge in [-0.25, -0.2) is 0 Å². The molecule has 92 valence electrons. The maximum Gasteiger partial charge on any atom is 0.231 e. The van der Waals surface area contributed by atoms with Crippen LogP contribution >= 0.6 is 11.6 Å². The van der Waals surface area contributed by atoms with Crippen molar-refractivity contribution in [3.63, 3.8) is 0 Å². The molecule has 2 nitrogen and oxygen atoms in total. The topological polar surface area (TPSA) is 29.1 Å². The Labute approximate surface area is 112 Å². The van der Waals surface area contributed by atoms with Gasteiger partial charge in [0.15, 0.2) is 0 Å². The minimum absolute atomic E-state index is 0.0608. The highest BCUT2D eigenvalue weighted by Crippen LogP contribution is 2.25. The first-order chi connectivity index (χ1) is 8.68. The molecule has 0 aliphatic rings. The molecule has 1 amide bonds. The second kappa shape index (κ2) is 5.69. The van der Waals surface area contributed by atoms with Gasteiger partial charge in [-0.15, -0.1) is 0 Å². The van der Waals surface area contributed by atoms with Crippen LogP contribution in [0.25, 0.3) is 0 Å². The van der Waals surface area contributed by atoms with E-state index in [4.69, 9.17) is 11.6 Å². The van der Waals surface area contributed by atoms with E-state index in [2.05, 4.69) is 5.32 Å². The van der Waals surface area contributed by atoms with Crippen LogP contribution in [0, 0.1) is 0 Å². The smallest absolute Gasteiger partial charge is 0.231 e. The summed E-state index contributed by atoms with van der Waals surface area (Å²) in [5, 5.41) is 3.49. The van der Waals surface area contributed by atoms with E-state index in [1.165, 1.54) is 0 Å². The summed E-state index contributed by atoms with van der Waals surface area (Å²) in [6, 6.07) is 16.8. The van der Waals surface area contributed by atoms with Gasteiger partial charge in [-0.3, -0.25) is 4.79 Å². The lowest BCUT2D eigenvalue weighted by molar-refractivity contribution is -0.117. The number of amides is 1. The zero-order valence-electron chi connectivity index (χ0n) is 10.1. The lowest BCUT2D eigenvalue weighted by Crippen LogP contribution is -2.19. The number of carbonyl (C=O) groups excluding carboxylic acids is 1. The molecule has 2 rings (SSSR count). The van der Waals surface area contributed by atoms with Crippen molar-refractivity contribution in [3.8, 4) is 0 Å². The molecule has 18 heavy (non-hydrogen) atoms. The molecule has 0 spiro atoms. The molecular formula is C15H14ClNO. The standard InChI is InChI=1S/C15H14ClNO/c1-11(13-9-5-6-10-14(13)16)15(18)17-12-7-3-2-4-8-12/h2-11H,1H3,(H,17,18). The summed E-state index contributed by atoms with van der Waals surface area (Å²) in [6.45, 7) is 1.85. The maximum atomic E-state index is 12.1. The Bertz CT molecular complexity index is 539. The number of rotatable bonds is 3. The molecular weight excluding hydrogens is 246 g/mol. The Morgan fingerprint density at radius 1 is 1.06 bits per heavy atom. The van der Waals surface area contributed by atoms with Crippen molar-refractivity contribution in [1.29, 1.82) is 0 Å². The molecule has 0 radical (unpaired) electrons. The van der Waals surface area contributed by atoms with Crippen LogP contribution < -0.4 is 5.32 Å². The Morgan fingerprint density at radius 3 is 2.33 bits per heavy atom. The Hall–Kier alpha value is -1.80. The van der Waals surface area contributed by atoms with Crippen molar-refractivity contribution in [3.05, 3.63) is 65.2 Å². The molecule has 0 bridgehead atoms. The zero-order valence-corrected chi connectivity index (χ0v) is 10.8. The first-order valence-electron chi connectivity index (χ1n) is 5.79. The molecule has 1 atom stereocenters. The van der Waals surface area contributed by atoms with Crippen molar-refractivity contribution in [2.24, 2.45) is 0 Å². The minimum Gasteiger partial charge on any atom is -0.326 e. The summed E-state index contributed by atoms with van der Waals surface area (Å²) >= 11 is 6.09. The molecule has 1 unspecified atom stereocenters. The van der Waals surface area contributed by atoms with Crippen LogP contribution in [0.4, 0.5) is 5.69 Å². The number of hydrogen-bond donors (Lipinski definition) is 1. The number of benzene rings is 2. The van der Waals surface area contributed by atoms with Crippen LogP contribution in [-0.2, 0) is 4.79 Å². The van der Waals surface area contributed by atoms with Crippen molar-refractivity contribution in [2.75, 3.05) is 5.32 Å². The lowest BCUT2D eigenvalue weighted by atomic mass is 10.0. The van der Waals surface area contributed by atoms with Crippen LogP contribution in [0.1, 0.15) is 18.4 Å². The van der Waals surface area contributed by atoms with E-state index in [9.17, 15) is 4.79 Å². The van der Waals surface area contributed by atoms with Crippen molar-refractivity contribution in [2.45, 2.75) is 12.8 Å². The minimum atomic E-state index is -0.279. The number of para-hydroxylation sites is 1. The van der Waals surface area contributed by atoms with E-state index >= 15 is 0 Å². The lowest BCUT2D eigenvalue weighted by Gasteiger charge is -2.13. The third-order valence-corrected chi connectivity index (χ3v) is 3.15. The van der Waals surface area contributed by atoms with Gasteiger partial charge in [0.05, 0.1) is 5.92 Å². The average Bonchev–Trinajstić information content (AvgIpc) is 2.39. The molecule has 2 aromatic rings.